The van der Waals surface area contributed by atoms with Crippen molar-refractivity contribution < 1.29 is 4.74 Å². The van der Waals surface area contributed by atoms with Crippen LogP contribution in [0.2, 0.25) is 10.3 Å². The summed E-state index contributed by atoms with van der Waals surface area (Å²) in [5.74, 6) is 1.38. The number of halogens is 2. The monoisotopic (exact) mass is 311 g/mol. The summed E-state index contributed by atoms with van der Waals surface area (Å²) in [4.78, 5) is 8.15. The van der Waals surface area contributed by atoms with E-state index in [0.717, 1.165) is 11.3 Å². The van der Waals surface area contributed by atoms with Crippen LogP contribution in [-0.2, 0) is 6.54 Å². The van der Waals surface area contributed by atoms with Crippen LogP contribution in [0.3, 0.4) is 0 Å². The highest BCUT2D eigenvalue weighted by Gasteiger charge is 2.09. The molecule has 2 rings (SSSR count). The molecule has 0 aliphatic rings. The van der Waals surface area contributed by atoms with Gasteiger partial charge < -0.3 is 10.1 Å². The third-order valence-corrected chi connectivity index (χ3v) is 3.16. The van der Waals surface area contributed by atoms with Gasteiger partial charge in [0.05, 0.1) is 6.61 Å². The van der Waals surface area contributed by atoms with Crippen molar-refractivity contribution in [1.29, 1.82) is 0 Å². The Morgan fingerprint density at radius 2 is 1.90 bits per heavy atom. The normalized spacial score (nSPS) is 10.4. The lowest BCUT2D eigenvalue weighted by atomic mass is 10.2. The molecule has 1 aromatic carbocycles. The zero-order chi connectivity index (χ0) is 14.5. The minimum Gasteiger partial charge on any atom is -0.494 e. The second kappa shape index (κ2) is 6.77. The van der Waals surface area contributed by atoms with Gasteiger partial charge in [-0.05, 0) is 31.5 Å². The summed E-state index contributed by atoms with van der Waals surface area (Å²) in [5.41, 5.74) is 1.60. The van der Waals surface area contributed by atoms with Crippen LogP contribution in [0.1, 0.15) is 18.3 Å². The van der Waals surface area contributed by atoms with Gasteiger partial charge in [0.15, 0.2) is 10.3 Å². The third kappa shape index (κ3) is 3.74. The molecular weight excluding hydrogens is 297 g/mol. The van der Waals surface area contributed by atoms with E-state index in [4.69, 9.17) is 27.9 Å². The van der Waals surface area contributed by atoms with Gasteiger partial charge in [-0.1, -0.05) is 35.3 Å². The summed E-state index contributed by atoms with van der Waals surface area (Å²) >= 11 is 12.1. The van der Waals surface area contributed by atoms with Crippen LogP contribution in [0.4, 0.5) is 5.69 Å². The first-order chi connectivity index (χ1) is 9.60. The van der Waals surface area contributed by atoms with Gasteiger partial charge in [-0.25, -0.2) is 9.97 Å². The van der Waals surface area contributed by atoms with E-state index in [9.17, 15) is 0 Å². The van der Waals surface area contributed by atoms with E-state index in [1.165, 1.54) is 0 Å². The number of nitrogens with one attached hydrogen (secondary N) is 1. The smallest absolute Gasteiger partial charge is 0.157 e. The standard InChI is InChI=1S/C14H15Cl2N3O/c1-3-20-11-6-4-5-10(7-11)8-17-12-13(15)18-9(2)19-14(12)16/h4-7,17H,3,8H2,1-2H3. The van der Waals surface area contributed by atoms with Gasteiger partial charge in [-0.3, -0.25) is 0 Å². The van der Waals surface area contributed by atoms with Gasteiger partial charge in [0.2, 0.25) is 0 Å². The first kappa shape index (κ1) is 14.9. The average Bonchev–Trinajstić information content (AvgIpc) is 2.38. The molecule has 20 heavy (non-hydrogen) atoms. The van der Waals surface area contributed by atoms with Crippen molar-refractivity contribution >= 4 is 28.9 Å². The Labute approximate surface area is 128 Å². The molecule has 0 saturated carbocycles. The van der Waals surface area contributed by atoms with E-state index >= 15 is 0 Å². The predicted octanol–water partition coefficient (Wildman–Crippen LogP) is 4.10. The second-order valence-corrected chi connectivity index (χ2v) is 4.88. The summed E-state index contributed by atoms with van der Waals surface area (Å²) in [5, 5.41) is 3.79. The largest absolute Gasteiger partial charge is 0.494 e. The maximum Gasteiger partial charge on any atom is 0.157 e. The Morgan fingerprint density at radius 1 is 1.20 bits per heavy atom. The fraction of sp³-hybridized carbons (Fsp3) is 0.286. The van der Waals surface area contributed by atoms with Crippen molar-refractivity contribution in [2.75, 3.05) is 11.9 Å². The lowest BCUT2D eigenvalue weighted by molar-refractivity contribution is 0.340. The van der Waals surface area contributed by atoms with Crippen molar-refractivity contribution in [2.24, 2.45) is 0 Å². The number of rotatable bonds is 5. The van der Waals surface area contributed by atoms with E-state index in [2.05, 4.69) is 15.3 Å². The van der Waals surface area contributed by atoms with Crippen LogP contribution in [0.25, 0.3) is 0 Å². The lowest BCUT2D eigenvalue weighted by Crippen LogP contribution is -2.04. The number of aromatic nitrogens is 2. The molecule has 0 unspecified atom stereocenters. The topological polar surface area (TPSA) is 47.0 Å². The van der Waals surface area contributed by atoms with E-state index in [0.29, 0.717) is 35.0 Å². The number of ether oxygens (including phenoxy) is 1. The highest BCUT2D eigenvalue weighted by molar-refractivity contribution is 6.37. The molecule has 0 bridgehead atoms. The Bertz CT molecular complexity index is 582. The van der Waals surface area contributed by atoms with Crippen LogP contribution in [0, 0.1) is 6.92 Å². The Balaban J connectivity index is 2.11. The molecule has 1 N–H and O–H groups in total. The van der Waals surface area contributed by atoms with Gasteiger partial charge in [0.25, 0.3) is 0 Å². The quantitative estimate of drug-likeness (QED) is 0.844. The summed E-state index contributed by atoms with van der Waals surface area (Å²) in [6, 6.07) is 7.82. The summed E-state index contributed by atoms with van der Waals surface area (Å²) < 4.78 is 5.46. The molecule has 4 nitrogen and oxygen atoms in total. The molecule has 1 heterocycles. The van der Waals surface area contributed by atoms with Crippen LogP contribution >= 0.6 is 23.2 Å². The number of hydrogen-bond acceptors (Lipinski definition) is 4. The van der Waals surface area contributed by atoms with Crippen LogP contribution < -0.4 is 10.1 Å². The van der Waals surface area contributed by atoms with Crippen molar-refractivity contribution in [2.45, 2.75) is 20.4 Å². The molecule has 0 aliphatic carbocycles. The molecule has 1 aromatic heterocycles. The molecular formula is C14H15Cl2N3O. The van der Waals surface area contributed by atoms with E-state index in [1.807, 2.05) is 31.2 Å². The average molecular weight is 312 g/mol. The molecule has 0 atom stereocenters. The molecule has 0 spiro atoms. The highest BCUT2D eigenvalue weighted by Crippen LogP contribution is 2.27. The first-order valence-electron chi connectivity index (χ1n) is 6.25. The van der Waals surface area contributed by atoms with Gasteiger partial charge in [-0.15, -0.1) is 0 Å². The first-order valence-corrected chi connectivity index (χ1v) is 7.01. The van der Waals surface area contributed by atoms with Crippen LogP contribution in [-0.4, -0.2) is 16.6 Å². The minimum atomic E-state index is 0.323. The summed E-state index contributed by atoms with van der Waals surface area (Å²) in [7, 11) is 0. The molecule has 0 radical (unpaired) electrons. The third-order valence-electron chi connectivity index (χ3n) is 2.61. The van der Waals surface area contributed by atoms with Crippen LogP contribution in [0.15, 0.2) is 24.3 Å². The maximum absolute atomic E-state index is 6.06. The van der Waals surface area contributed by atoms with E-state index in [1.54, 1.807) is 6.92 Å². The Morgan fingerprint density at radius 3 is 2.55 bits per heavy atom. The number of hydrogen-bond donors (Lipinski definition) is 1. The summed E-state index contributed by atoms with van der Waals surface area (Å²) in [6.07, 6.45) is 0. The Hall–Kier alpha value is -1.52. The molecule has 106 valence electrons. The molecule has 6 heteroatoms. The van der Waals surface area contributed by atoms with Crippen molar-refractivity contribution in [1.82, 2.24) is 9.97 Å². The molecule has 0 amide bonds. The van der Waals surface area contributed by atoms with Gasteiger partial charge in [0, 0.05) is 6.54 Å². The zero-order valence-electron chi connectivity index (χ0n) is 11.3. The lowest BCUT2D eigenvalue weighted by Gasteiger charge is -2.11. The van der Waals surface area contributed by atoms with Crippen molar-refractivity contribution in [3.05, 3.63) is 46.0 Å². The summed E-state index contributed by atoms with van der Waals surface area (Å²) in [6.45, 7) is 4.90. The fourth-order valence-electron chi connectivity index (χ4n) is 1.75. The fourth-order valence-corrected chi connectivity index (χ4v) is 2.36. The van der Waals surface area contributed by atoms with E-state index < -0.39 is 0 Å². The number of anilines is 1. The molecule has 0 aliphatic heterocycles. The highest BCUT2D eigenvalue weighted by atomic mass is 35.5. The number of aryl methyl sites for hydroxylation is 1. The zero-order valence-corrected chi connectivity index (χ0v) is 12.8. The van der Waals surface area contributed by atoms with E-state index in [-0.39, 0.29) is 0 Å². The minimum absolute atomic E-state index is 0.323. The SMILES string of the molecule is CCOc1cccc(CNc2c(Cl)nc(C)nc2Cl)c1. The number of benzene rings is 1. The number of nitrogens with zero attached hydrogens (tertiary/aromatic N) is 2. The predicted molar refractivity (Wildman–Crippen MR) is 81.7 cm³/mol. The Kier molecular flexibility index (Phi) is 5.04. The molecule has 0 saturated heterocycles. The van der Waals surface area contributed by atoms with Gasteiger partial charge in [0.1, 0.15) is 17.3 Å². The molecule has 0 fully saturated rings. The van der Waals surface area contributed by atoms with Crippen molar-refractivity contribution in [3.8, 4) is 5.75 Å². The van der Waals surface area contributed by atoms with Gasteiger partial charge >= 0.3 is 0 Å². The van der Waals surface area contributed by atoms with Gasteiger partial charge in [-0.2, -0.15) is 0 Å². The van der Waals surface area contributed by atoms with Crippen LogP contribution in [0.5, 0.6) is 5.75 Å². The second-order valence-electron chi connectivity index (χ2n) is 4.16. The van der Waals surface area contributed by atoms with Crippen molar-refractivity contribution in [3.63, 3.8) is 0 Å². The maximum atomic E-state index is 6.06. The molecule has 2 aromatic rings.